The predicted molar refractivity (Wildman–Crippen MR) is 85.1 cm³/mol. The van der Waals surface area contributed by atoms with Crippen LogP contribution in [0.15, 0.2) is 28.7 Å². The van der Waals surface area contributed by atoms with Crippen LogP contribution in [-0.2, 0) is 19.4 Å². The SMILES string of the molecule is CCc1cc(CC(NN)c2cccc(F)c2Br)n(CC)n1. The van der Waals surface area contributed by atoms with E-state index in [9.17, 15) is 4.39 Å². The molecule has 0 saturated carbocycles. The molecule has 4 nitrogen and oxygen atoms in total. The molecule has 0 saturated heterocycles. The van der Waals surface area contributed by atoms with Gasteiger partial charge in [0.2, 0.25) is 0 Å². The summed E-state index contributed by atoms with van der Waals surface area (Å²) in [6.07, 6.45) is 1.55. The molecule has 0 aliphatic heterocycles. The second-order valence-electron chi connectivity index (χ2n) is 4.86. The van der Waals surface area contributed by atoms with Crippen LogP contribution in [0, 0.1) is 5.82 Å². The molecule has 6 heteroatoms. The van der Waals surface area contributed by atoms with Crippen molar-refractivity contribution < 1.29 is 4.39 Å². The molecule has 2 aromatic rings. The van der Waals surface area contributed by atoms with Crippen LogP contribution in [0.1, 0.15) is 36.8 Å². The number of benzene rings is 1. The first kappa shape index (κ1) is 16.1. The first-order chi connectivity index (χ1) is 10.1. The Morgan fingerprint density at radius 1 is 1.43 bits per heavy atom. The highest BCUT2D eigenvalue weighted by Gasteiger charge is 2.18. The summed E-state index contributed by atoms with van der Waals surface area (Å²) in [6.45, 7) is 4.93. The monoisotopic (exact) mass is 354 g/mol. The summed E-state index contributed by atoms with van der Waals surface area (Å²) in [5.74, 6) is 5.39. The summed E-state index contributed by atoms with van der Waals surface area (Å²) in [5.41, 5.74) is 5.73. The number of hydrazine groups is 1. The van der Waals surface area contributed by atoms with E-state index in [4.69, 9.17) is 5.84 Å². The minimum atomic E-state index is -0.286. The summed E-state index contributed by atoms with van der Waals surface area (Å²) >= 11 is 3.30. The zero-order valence-electron chi connectivity index (χ0n) is 12.2. The molecule has 0 fully saturated rings. The molecule has 0 aliphatic rings. The zero-order chi connectivity index (χ0) is 15.4. The Morgan fingerprint density at radius 3 is 2.81 bits per heavy atom. The van der Waals surface area contributed by atoms with Crippen LogP contribution in [0.5, 0.6) is 0 Å². The topological polar surface area (TPSA) is 55.9 Å². The molecular weight excluding hydrogens is 335 g/mol. The molecule has 114 valence electrons. The molecule has 1 atom stereocenters. The number of nitrogens with two attached hydrogens (primary N) is 1. The Hall–Kier alpha value is -1.24. The Bertz CT molecular complexity index is 612. The second kappa shape index (κ2) is 7.15. The van der Waals surface area contributed by atoms with Crippen molar-refractivity contribution in [1.82, 2.24) is 15.2 Å². The van der Waals surface area contributed by atoms with Crippen molar-refractivity contribution in [3.63, 3.8) is 0 Å². The molecule has 0 amide bonds. The summed E-state index contributed by atoms with van der Waals surface area (Å²) in [5, 5.41) is 4.53. The fraction of sp³-hybridized carbons (Fsp3) is 0.400. The van der Waals surface area contributed by atoms with E-state index < -0.39 is 0 Å². The van der Waals surface area contributed by atoms with E-state index >= 15 is 0 Å². The lowest BCUT2D eigenvalue weighted by Crippen LogP contribution is -2.30. The molecule has 0 aliphatic carbocycles. The zero-order valence-corrected chi connectivity index (χ0v) is 13.8. The standard InChI is InChI=1S/C15H20BrFN4/c1-3-10-8-11(21(4-2)20-10)9-14(19-18)12-6-5-7-13(17)15(12)16/h5-8,14,19H,3-4,9,18H2,1-2H3. The van der Waals surface area contributed by atoms with Crippen molar-refractivity contribution in [1.29, 1.82) is 0 Å². The summed E-state index contributed by atoms with van der Waals surface area (Å²) in [6, 6.07) is 6.88. The van der Waals surface area contributed by atoms with Crippen molar-refractivity contribution in [2.45, 2.75) is 39.3 Å². The van der Waals surface area contributed by atoms with Gasteiger partial charge in [0.15, 0.2) is 0 Å². The van der Waals surface area contributed by atoms with E-state index in [1.165, 1.54) is 6.07 Å². The van der Waals surface area contributed by atoms with Crippen LogP contribution in [0.4, 0.5) is 4.39 Å². The van der Waals surface area contributed by atoms with Gasteiger partial charge in [-0.2, -0.15) is 5.10 Å². The van der Waals surface area contributed by atoms with Gasteiger partial charge < -0.3 is 0 Å². The second-order valence-corrected chi connectivity index (χ2v) is 5.66. The van der Waals surface area contributed by atoms with Gasteiger partial charge in [-0.3, -0.25) is 16.0 Å². The van der Waals surface area contributed by atoms with Crippen LogP contribution in [0.25, 0.3) is 0 Å². The lowest BCUT2D eigenvalue weighted by atomic mass is 10.0. The van der Waals surface area contributed by atoms with Gasteiger partial charge in [0, 0.05) is 18.7 Å². The Morgan fingerprint density at radius 2 is 2.19 bits per heavy atom. The minimum absolute atomic E-state index is 0.179. The van der Waals surface area contributed by atoms with E-state index in [-0.39, 0.29) is 11.9 Å². The predicted octanol–water partition coefficient (Wildman–Crippen LogP) is 3.11. The van der Waals surface area contributed by atoms with Gasteiger partial charge in [-0.15, -0.1) is 0 Å². The van der Waals surface area contributed by atoms with Gasteiger partial charge in [0.05, 0.1) is 16.2 Å². The number of nitrogens with one attached hydrogen (secondary N) is 1. The first-order valence-electron chi connectivity index (χ1n) is 7.06. The fourth-order valence-corrected chi connectivity index (χ4v) is 2.92. The summed E-state index contributed by atoms with van der Waals surface area (Å²) in [7, 11) is 0. The third kappa shape index (κ3) is 3.51. The van der Waals surface area contributed by atoms with Crippen LogP contribution >= 0.6 is 15.9 Å². The number of rotatable bonds is 6. The van der Waals surface area contributed by atoms with E-state index in [1.54, 1.807) is 6.07 Å². The Balaban J connectivity index is 2.31. The lowest BCUT2D eigenvalue weighted by Gasteiger charge is -2.18. The fourth-order valence-electron chi connectivity index (χ4n) is 2.38. The molecule has 1 heterocycles. The van der Waals surface area contributed by atoms with Gasteiger partial charge in [-0.1, -0.05) is 19.1 Å². The van der Waals surface area contributed by atoms with Gasteiger partial charge in [0.25, 0.3) is 0 Å². The van der Waals surface area contributed by atoms with Crippen molar-refractivity contribution >= 4 is 15.9 Å². The third-order valence-corrected chi connectivity index (χ3v) is 4.38. The Kier molecular flexibility index (Phi) is 5.50. The molecule has 0 bridgehead atoms. The normalized spacial score (nSPS) is 12.6. The van der Waals surface area contributed by atoms with Crippen molar-refractivity contribution in [3.8, 4) is 0 Å². The smallest absolute Gasteiger partial charge is 0.137 e. The molecule has 1 unspecified atom stereocenters. The molecule has 0 radical (unpaired) electrons. The molecule has 1 aromatic carbocycles. The van der Waals surface area contributed by atoms with Gasteiger partial charge in [-0.25, -0.2) is 4.39 Å². The van der Waals surface area contributed by atoms with Gasteiger partial charge >= 0.3 is 0 Å². The minimum Gasteiger partial charge on any atom is -0.271 e. The molecule has 3 N–H and O–H groups in total. The van der Waals surface area contributed by atoms with Crippen molar-refractivity contribution in [2.75, 3.05) is 0 Å². The van der Waals surface area contributed by atoms with Crippen LogP contribution < -0.4 is 11.3 Å². The van der Waals surface area contributed by atoms with Crippen LogP contribution in [0.3, 0.4) is 0 Å². The highest BCUT2D eigenvalue weighted by molar-refractivity contribution is 9.10. The summed E-state index contributed by atoms with van der Waals surface area (Å²) in [4.78, 5) is 0. The molecule has 1 aromatic heterocycles. The van der Waals surface area contributed by atoms with Crippen LogP contribution in [0.2, 0.25) is 0 Å². The molecule has 21 heavy (non-hydrogen) atoms. The maximum Gasteiger partial charge on any atom is 0.137 e. The number of halogens is 2. The average molecular weight is 355 g/mol. The van der Waals surface area contributed by atoms with E-state index in [0.717, 1.165) is 29.9 Å². The van der Waals surface area contributed by atoms with E-state index in [2.05, 4.69) is 46.4 Å². The quantitative estimate of drug-likeness (QED) is 0.618. The highest BCUT2D eigenvalue weighted by Crippen LogP contribution is 2.28. The third-order valence-electron chi connectivity index (χ3n) is 3.55. The highest BCUT2D eigenvalue weighted by atomic mass is 79.9. The maximum absolute atomic E-state index is 13.7. The number of hydrogen-bond acceptors (Lipinski definition) is 3. The summed E-state index contributed by atoms with van der Waals surface area (Å²) < 4.78 is 16.1. The Labute approximate surface area is 132 Å². The molecule has 2 rings (SSSR count). The molecule has 0 spiro atoms. The largest absolute Gasteiger partial charge is 0.271 e. The van der Waals surface area contributed by atoms with Crippen molar-refractivity contribution in [3.05, 3.63) is 51.5 Å². The van der Waals surface area contributed by atoms with E-state index in [0.29, 0.717) is 10.9 Å². The first-order valence-corrected chi connectivity index (χ1v) is 7.85. The lowest BCUT2D eigenvalue weighted by molar-refractivity contribution is 0.510. The van der Waals surface area contributed by atoms with Gasteiger partial charge in [0.1, 0.15) is 5.82 Å². The number of nitrogens with zero attached hydrogens (tertiary/aromatic N) is 2. The van der Waals surface area contributed by atoms with Crippen LogP contribution in [-0.4, -0.2) is 9.78 Å². The van der Waals surface area contributed by atoms with Crippen molar-refractivity contribution in [2.24, 2.45) is 5.84 Å². The van der Waals surface area contributed by atoms with Gasteiger partial charge in [-0.05, 0) is 47.0 Å². The average Bonchev–Trinajstić information content (AvgIpc) is 2.90. The maximum atomic E-state index is 13.7. The number of aromatic nitrogens is 2. The van der Waals surface area contributed by atoms with E-state index in [1.807, 2.05) is 10.7 Å². The number of aryl methyl sites for hydroxylation is 2. The molecular formula is C15H20BrFN4. The number of hydrogen-bond donors (Lipinski definition) is 2.